The molecular weight excluding hydrogens is 278 g/mol. The molecule has 0 saturated carbocycles. The maximum Gasteiger partial charge on any atom is 0.409 e. The van der Waals surface area contributed by atoms with E-state index in [1.54, 1.807) is 19.2 Å². The summed E-state index contributed by atoms with van der Waals surface area (Å²) in [5, 5.41) is 1.71. The maximum absolute atomic E-state index is 12.3. The SMILES string of the molecule is CC(C)CC(CN)NC(=O)C(C(F)(F)F)C(F)(F)F. The molecule has 9 heteroatoms. The van der Waals surface area contributed by atoms with E-state index in [0.29, 0.717) is 0 Å². The molecule has 0 aliphatic heterocycles. The summed E-state index contributed by atoms with van der Waals surface area (Å²) in [5.41, 5.74) is 5.21. The summed E-state index contributed by atoms with van der Waals surface area (Å²) < 4.78 is 73.6. The summed E-state index contributed by atoms with van der Waals surface area (Å²) in [6.45, 7) is 3.19. The third-order valence-corrected chi connectivity index (χ3v) is 2.30. The van der Waals surface area contributed by atoms with Crippen LogP contribution in [-0.4, -0.2) is 30.8 Å². The highest BCUT2D eigenvalue weighted by atomic mass is 19.4. The minimum Gasteiger partial charge on any atom is -0.351 e. The quantitative estimate of drug-likeness (QED) is 0.764. The summed E-state index contributed by atoms with van der Waals surface area (Å²) >= 11 is 0. The van der Waals surface area contributed by atoms with Crippen LogP contribution >= 0.6 is 0 Å². The molecule has 0 aromatic rings. The van der Waals surface area contributed by atoms with Crippen LogP contribution in [0.25, 0.3) is 0 Å². The number of nitrogens with two attached hydrogens (primary N) is 1. The molecule has 0 aromatic carbocycles. The Hall–Kier alpha value is -0.990. The van der Waals surface area contributed by atoms with Crippen molar-refractivity contribution in [2.75, 3.05) is 6.54 Å². The molecule has 0 saturated heterocycles. The highest BCUT2D eigenvalue weighted by molar-refractivity contribution is 5.80. The van der Waals surface area contributed by atoms with E-state index in [4.69, 9.17) is 5.73 Å². The Morgan fingerprint density at radius 2 is 1.53 bits per heavy atom. The van der Waals surface area contributed by atoms with E-state index in [-0.39, 0.29) is 18.9 Å². The van der Waals surface area contributed by atoms with Crippen molar-refractivity contribution < 1.29 is 31.1 Å². The fraction of sp³-hybridized carbons (Fsp3) is 0.900. The molecule has 1 atom stereocenters. The third-order valence-electron chi connectivity index (χ3n) is 2.30. The molecule has 0 aliphatic carbocycles. The topological polar surface area (TPSA) is 55.1 Å². The summed E-state index contributed by atoms with van der Waals surface area (Å²) in [7, 11) is 0. The summed E-state index contributed by atoms with van der Waals surface area (Å²) in [4.78, 5) is 11.2. The first kappa shape index (κ1) is 18.0. The van der Waals surface area contributed by atoms with E-state index < -0.39 is 30.2 Å². The molecule has 19 heavy (non-hydrogen) atoms. The summed E-state index contributed by atoms with van der Waals surface area (Å²) in [5.74, 6) is -6.17. The van der Waals surface area contributed by atoms with Gasteiger partial charge in [-0.2, -0.15) is 26.3 Å². The first-order valence-electron chi connectivity index (χ1n) is 5.53. The van der Waals surface area contributed by atoms with Crippen LogP contribution in [0.1, 0.15) is 20.3 Å². The lowest BCUT2D eigenvalue weighted by molar-refractivity contribution is -0.274. The predicted octanol–water partition coefficient (Wildman–Crippen LogP) is 2.22. The molecule has 1 unspecified atom stereocenters. The number of amides is 1. The molecule has 0 heterocycles. The van der Waals surface area contributed by atoms with Gasteiger partial charge in [0.15, 0.2) is 0 Å². The van der Waals surface area contributed by atoms with Gasteiger partial charge in [-0.05, 0) is 12.3 Å². The largest absolute Gasteiger partial charge is 0.409 e. The third kappa shape index (κ3) is 6.13. The first-order chi connectivity index (χ1) is 8.39. The molecule has 0 rings (SSSR count). The van der Waals surface area contributed by atoms with Crippen LogP contribution in [0.5, 0.6) is 0 Å². The zero-order valence-electron chi connectivity index (χ0n) is 10.4. The number of nitrogens with one attached hydrogen (secondary N) is 1. The lowest BCUT2D eigenvalue weighted by atomic mass is 10.0. The minimum atomic E-state index is -5.68. The Morgan fingerprint density at radius 1 is 1.11 bits per heavy atom. The van der Waals surface area contributed by atoms with E-state index >= 15 is 0 Å². The molecule has 0 bridgehead atoms. The summed E-state index contributed by atoms with van der Waals surface area (Å²) in [6.07, 6.45) is -11.2. The molecule has 1 amide bonds. The van der Waals surface area contributed by atoms with Crippen LogP contribution in [0.15, 0.2) is 0 Å². The average Bonchev–Trinajstić information content (AvgIpc) is 2.10. The normalized spacial score (nSPS) is 14.9. The monoisotopic (exact) mass is 294 g/mol. The van der Waals surface area contributed by atoms with Gasteiger partial charge < -0.3 is 11.1 Å². The van der Waals surface area contributed by atoms with Crippen molar-refractivity contribution in [2.45, 2.75) is 38.7 Å². The second kappa shape index (κ2) is 6.44. The molecule has 3 N–H and O–H groups in total. The van der Waals surface area contributed by atoms with Crippen LogP contribution in [0, 0.1) is 11.8 Å². The van der Waals surface area contributed by atoms with E-state index in [1.165, 1.54) is 0 Å². The van der Waals surface area contributed by atoms with Crippen LogP contribution in [0.3, 0.4) is 0 Å². The van der Waals surface area contributed by atoms with Crippen molar-refractivity contribution in [1.29, 1.82) is 0 Å². The van der Waals surface area contributed by atoms with Crippen molar-refractivity contribution in [1.82, 2.24) is 5.32 Å². The number of carbonyl (C=O) groups excluding carboxylic acids is 1. The maximum atomic E-state index is 12.3. The predicted molar refractivity (Wildman–Crippen MR) is 56.0 cm³/mol. The Kier molecular flexibility index (Phi) is 6.11. The molecule has 0 radical (unpaired) electrons. The number of carbonyl (C=O) groups is 1. The molecule has 0 fully saturated rings. The van der Waals surface area contributed by atoms with E-state index in [0.717, 1.165) is 0 Å². The van der Waals surface area contributed by atoms with Crippen molar-refractivity contribution in [3.05, 3.63) is 0 Å². The van der Waals surface area contributed by atoms with Crippen LogP contribution in [0.2, 0.25) is 0 Å². The zero-order chi connectivity index (χ0) is 15.4. The number of hydrogen-bond acceptors (Lipinski definition) is 2. The second-order valence-corrected chi connectivity index (χ2v) is 4.59. The van der Waals surface area contributed by atoms with Gasteiger partial charge in [-0.3, -0.25) is 4.79 Å². The first-order valence-corrected chi connectivity index (χ1v) is 5.53. The van der Waals surface area contributed by atoms with Crippen LogP contribution in [-0.2, 0) is 4.79 Å². The highest BCUT2D eigenvalue weighted by Gasteiger charge is 2.61. The fourth-order valence-electron chi connectivity index (χ4n) is 1.55. The Morgan fingerprint density at radius 3 is 1.79 bits per heavy atom. The highest BCUT2D eigenvalue weighted by Crippen LogP contribution is 2.39. The minimum absolute atomic E-state index is 0.0240. The molecule has 3 nitrogen and oxygen atoms in total. The molecular formula is C10H16F6N2O. The van der Waals surface area contributed by atoms with Crippen molar-refractivity contribution >= 4 is 5.91 Å². The van der Waals surface area contributed by atoms with E-state index in [2.05, 4.69) is 0 Å². The van der Waals surface area contributed by atoms with Gasteiger partial charge in [-0.1, -0.05) is 13.8 Å². The van der Waals surface area contributed by atoms with Gasteiger partial charge in [0.25, 0.3) is 0 Å². The summed E-state index contributed by atoms with van der Waals surface area (Å²) in [6, 6.07) is -0.917. The Balaban J connectivity index is 4.93. The number of alkyl halides is 6. The van der Waals surface area contributed by atoms with Crippen molar-refractivity contribution in [3.63, 3.8) is 0 Å². The Bertz CT molecular complexity index is 285. The van der Waals surface area contributed by atoms with Crippen LogP contribution in [0.4, 0.5) is 26.3 Å². The van der Waals surface area contributed by atoms with Gasteiger partial charge in [0.1, 0.15) is 0 Å². The van der Waals surface area contributed by atoms with E-state index in [9.17, 15) is 31.1 Å². The average molecular weight is 294 g/mol. The Labute approximate surface area is 106 Å². The second-order valence-electron chi connectivity index (χ2n) is 4.59. The van der Waals surface area contributed by atoms with Gasteiger partial charge in [0.05, 0.1) is 0 Å². The van der Waals surface area contributed by atoms with E-state index in [1.807, 2.05) is 0 Å². The molecule has 0 aromatic heterocycles. The molecule has 0 aliphatic rings. The lowest BCUT2D eigenvalue weighted by Gasteiger charge is -2.25. The standard InChI is InChI=1S/C10H16F6N2O/c1-5(2)3-6(4-17)18-8(19)7(9(11,12)13)10(14,15)16/h5-7H,3-4,17H2,1-2H3,(H,18,19). The fourth-order valence-corrected chi connectivity index (χ4v) is 1.55. The van der Waals surface area contributed by atoms with Gasteiger partial charge >= 0.3 is 12.4 Å². The van der Waals surface area contributed by atoms with Gasteiger partial charge in [-0.25, -0.2) is 0 Å². The zero-order valence-corrected chi connectivity index (χ0v) is 10.4. The number of hydrogen-bond donors (Lipinski definition) is 2. The van der Waals surface area contributed by atoms with Gasteiger partial charge in [0, 0.05) is 12.6 Å². The smallest absolute Gasteiger partial charge is 0.351 e. The number of halogens is 6. The van der Waals surface area contributed by atoms with Crippen LogP contribution < -0.4 is 11.1 Å². The lowest BCUT2D eigenvalue weighted by Crippen LogP contribution is -2.52. The van der Waals surface area contributed by atoms with Crippen molar-refractivity contribution in [3.8, 4) is 0 Å². The molecule has 0 spiro atoms. The van der Waals surface area contributed by atoms with Gasteiger partial charge in [-0.15, -0.1) is 0 Å². The van der Waals surface area contributed by atoms with Gasteiger partial charge in [0.2, 0.25) is 11.8 Å². The molecule has 114 valence electrons. The van der Waals surface area contributed by atoms with Crippen molar-refractivity contribution in [2.24, 2.45) is 17.6 Å². The number of rotatable bonds is 5.